The average molecular weight is 339 g/mol. The number of hydrogen-bond donors (Lipinski definition) is 0. The minimum absolute atomic E-state index is 0.142. The second kappa shape index (κ2) is 6.39. The van der Waals surface area contributed by atoms with Gasteiger partial charge >= 0.3 is 0 Å². The van der Waals surface area contributed by atoms with Gasteiger partial charge in [-0.25, -0.2) is 0 Å². The summed E-state index contributed by atoms with van der Waals surface area (Å²) < 4.78 is 12.3. The van der Waals surface area contributed by atoms with Crippen LogP contribution in [0, 0.1) is 10.8 Å². The molecule has 2 saturated heterocycles. The first kappa shape index (κ1) is 16.7. The Balaban J connectivity index is 1.76. The number of benzene rings is 1. The molecule has 1 aromatic rings. The molecule has 0 saturated carbocycles. The van der Waals surface area contributed by atoms with Crippen LogP contribution in [0.3, 0.4) is 0 Å². The zero-order chi connectivity index (χ0) is 15.8. The minimum atomic E-state index is 0.142. The lowest BCUT2D eigenvalue weighted by atomic mass is 9.97. The molecular formula is C18H26O2S2. The van der Waals surface area contributed by atoms with Crippen LogP contribution in [0.1, 0.15) is 49.7 Å². The third-order valence-corrected chi connectivity index (χ3v) is 7.29. The summed E-state index contributed by atoms with van der Waals surface area (Å²) in [7, 11) is 0. The molecule has 0 spiro atoms. The predicted molar refractivity (Wildman–Crippen MR) is 96.3 cm³/mol. The monoisotopic (exact) mass is 338 g/mol. The lowest BCUT2D eigenvalue weighted by Crippen LogP contribution is -2.30. The Morgan fingerprint density at radius 3 is 1.55 bits per heavy atom. The summed E-state index contributed by atoms with van der Waals surface area (Å²) in [6.45, 7) is 10.7. The molecule has 2 fully saturated rings. The van der Waals surface area contributed by atoms with Crippen molar-refractivity contribution in [2.75, 3.05) is 24.7 Å². The molecule has 0 amide bonds. The maximum atomic E-state index is 6.15. The standard InChI is InChI=1S/C18H26O2S2/c1-17(2)9-19-15(21-11-17)13-7-5-6-8-14(13)16-20-10-18(3,4)12-22-16/h5-8,15-16H,9-12H2,1-4H3. The van der Waals surface area contributed by atoms with Crippen molar-refractivity contribution in [2.45, 2.75) is 38.6 Å². The van der Waals surface area contributed by atoms with E-state index in [1.165, 1.54) is 11.1 Å². The van der Waals surface area contributed by atoms with Gasteiger partial charge in [0.1, 0.15) is 10.9 Å². The summed E-state index contributed by atoms with van der Waals surface area (Å²) in [6.07, 6.45) is 0. The Bertz CT molecular complexity index is 461. The summed E-state index contributed by atoms with van der Waals surface area (Å²) in [5.74, 6) is 2.27. The highest BCUT2D eigenvalue weighted by atomic mass is 32.2. The van der Waals surface area contributed by atoms with Crippen molar-refractivity contribution < 1.29 is 9.47 Å². The first-order valence-corrected chi connectivity index (χ1v) is 10.0. The lowest BCUT2D eigenvalue weighted by Gasteiger charge is -2.37. The highest BCUT2D eigenvalue weighted by Gasteiger charge is 2.34. The third-order valence-electron chi connectivity index (χ3n) is 4.01. The zero-order valence-corrected chi connectivity index (χ0v) is 15.6. The van der Waals surface area contributed by atoms with Crippen molar-refractivity contribution in [3.05, 3.63) is 35.4 Å². The van der Waals surface area contributed by atoms with E-state index >= 15 is 0 Å². The molecule has 0 bridgehead atoms. The summed E-state index contributed by atoms with van der Waals surface area (Å²) in [4.78, 5) is 0. The first-order chi connectivity index (χ1) is 10.4. The highest BCUT2D eigenvalue weighted by molar-refractivity contribution is 7.99. The van der Waals surface area contributed by atoms with Crippen LogP contribution in [-0.4, -0.2) is 24.7 Å². The van der Waals surface area contributed by atoms with E-state index in [9.17, 15) is 0 Å². The van der Waals surface area contributed by atoms with Gasteiger partial charge in [0.15, 0.2) is 0 Å². The van der Waals surface area contributed by atoms with Crippen LogP contribution in [0.25, 0.3) is 0 Å². The number of rotatable bonds is 2. The van der Waals surface area contributed by atoms with Crippen molar-refractivity contribution in [2.24, 2.45) is 10.8 Å². The van der Waals surface area contributed by atoms with E-state index in [-0.39, 0.29) is 21.7 Å². The normalized spacial score (nSPS) is 30.9. The number of thioether (sulfide) groups is 2. The van der Waals surface area contributed by atoms with Crippen LogP contribution in [-0.2, 0) is 9.47 Å². The Labute approximate surface area is 142 Å². The zero-order valence-electron chi connectivity index (χ0n) is 13.9. The van der Waals surface area contributed by atoms with Gasteiger partial charge in [-0.2, -0.15) is 0 Å². The summed E-state index contributed by atoms with van der Waals surface area (Å²) in [5, 5.41) is 0. The molecule has 0 aromatic heterocycles. The molecule has 1 aromatic carbocycles. The van der Waals surface area contributed by atoms with E-state index in [1.54, 1.807) is 0 Å². The smallest absolute Gasteiger partial charge is 0.128 e. The van der Waals surface area contributed by atoms with Gasteiger partial charge in [0.25, 0.3) is 0 Å². The maximum Gasteiger partial charge on any atom is 0.128 e. The molecule has 2 heterocycles. The highest BCUT2D eigenvalue weighted by Crippen LogP contribution is 2.47. The topological polar surface area (TPSA) is 18.5 Å². The molecule has 2 nitrogen and oxygen atoms in total. The van der Waals surface area contributed by atoms with Crippen molar-refractivity contribution in [3.63, 3.8) is 0 Å². The maximum absolute atomic E-state index is 6.15. The molecule has 22 heavy (non-hydrogen) atoms. The van der Waals surface area contributed by atoms with Crippen LogP contribution < -0.4 is 0 Å². The van der Waals surface area contributed by atoms with Crippen LogP contribution >= 0.6 is 23.5 Å². The summed E-state index contributed by atoms with van der Waals surface area (Å²) in [6, 6.07) is 8.63. The van der Waals surface area contributed by atoms with Gasteiger partial charge in [-0.3, -0.25) is 0 Å². The quantitative estimate of drug-likeness (QED) is 0.731. The molecule has 2 aliphatic rings. The van der Waals surface area contributed by atoms with Crippen LogP contribution in [0.4, 0.5) is 0 Å². The van der Waals surface area contributed by atoms with Gasteiger partial charge in [-0.05, 0) is 22.0 Å². The molecule has 2 atom stereocenters. The summed E-state index contributed by atoms with van der Waals surface area (Å²) >= 11 is 3.83. The number of ether oxygens (including phenoxy) is 2. The van der Waals surface area contributed by atoms with Crippen LogP contribution in [0.5, 0.6) is 0 Å². The average Bonchev–Trinajstić information content (AvgIpc) is 2.47. The number of hydrogen-bond acceptors (Lipinski definition) is 4. The molecule has 0 aliphatic carbocycles. The fourth-order valence-corrected chi connectivity index (χ4v) is 5.17. The molecule has 2 aliphatic heterocycles. The van der Waals surface area contributed by atoms with Gasteiger partial charge in [-0.15, -0.1) is 23.5 Å². The Hall–Kier alpha value is -0.160. The van der Waals surface area contributed by atoms with Gasteiger partial charge < -0.3 is 9.47 Å². The largest absolute Gasteiger partial charge is 0.362 e. The Morgan fingerprint density at radius 1 is 0.818 bits per heavy atom. The van der Waals surface area contributed by atoms with E-state index < -0.39 is 0 Å². The van der Waals surface area contributed by atoms with Gasteiger partial charge in [0, 0.05) is 11.5 Å². The van der Waals surface area contributed by atoms with E-state index in [1.807, 2.05) is 23.5 Å². The lowest BCUT2D eigenvalue weighted by molar-refractivity contribution is 0.0334. The fourth-order valence-electron chi connectivity index (χ4n) is 2.68. The van der Waals surface area contributed by atoms with Crippen molar-refractivity contribution in [1.82, 2.24) is 0 Å². The van der Waals surface area contributed by atoms with E-state index in [0.29, 0.717) is 0 Å². The molecule has 0 radical (unpaired) electrons. The van der Waals surface area contributed by atoms with Crippen molar-refractivity contribution in [1.29, 1.82) is 0 Å². The van der Waals surface area contributed by atoms with Crippen molar-refractivity contribution in [3.8, 4) is 0 Å². The van der Waals surface area contributed by atoms with E-state index in [2.05, 4.69) is 52.0 Å². The Kier molecular flexibility index (Phi) is 4.84. The second-order valence-electron chi connectivity index (χ2n) is 7.87. The summed E-state index contributed by atoms with van der Waals surface area (Å²) in [5.41, 5.74) is 3.42. The molecule has 3 rings (SSSR count). The molecule has 4 heteroatoms. The first-order valence-electron chi connectivity index (χ1n) is 7.92. The van der Waals surface area contributed by atoms with Crippen LogP contribution in [0.2, 0.25) is 0 Å². The third kappa shape index (κ3) is 3.84. The van der Waals surface area contributed by atoms with E-state index in [0.717, 1.165) is 24.7 Å². The van der Waals surface area contributed by atoms with Crippen molar-refractivity contribution >= 4 is 23.5 Å². The SMILES string of the molecule is CC1(C)COC(c2ccccc2C2OCC(C)(C)CS2)SC1. The molecule has 122 valence electrons. The van der Waals surface area contributed by atoms with Gasteiger partial charge in [0.05, 0.1) is 13.2 Å². The van der Waals surface area contributed by atoms with Gasteiger partial charge in [-0.1, -0.05) is 52.0 Å². The molecular weight excluding hydrogens is 312 g/mol. The second-order valence-corrected chi connectivity index (χ2v) is 9.97. The molecule has 2 unspecified atom stereocenters. The Morgan fingerprint density at radius 2 is 1.23 bits per heavy atom. The fraction of sp³-hybridized carbons (Fsp3) is 0.667. The van der Waals surface area contributed by atoms with Crippen LogP contribution in [0.15, 0.2) is 24.3 Å². The van der Waals surface area contributed by atoms with E-state index in [4.69, 9.17) is 9.47 Å². The minimum Gasteiger partial charge on any atom is -0.362 e. The molecule has 0 N–H and O–H groups in total. The predicted octanol–water partition coefficient (Wildman–Crippen LogP) is 5.26. The van der Waals surface area contributed by atoms with Gasteiger partial charge in [0.2, 0.25) is 0 Å².